The van der Waals surface area contributed by atoms with Crippen molar-refractivity contribution in [2.75, 3.05) is 19.6 Å². The molecule has 2 unspecified atom stereocenters. The summed E-state index contributed by atoms with van der Waals surface area (Å²) in [5.74, 6) is 2.12. The van der Waals surface area contributed by atoms with E-state index in [4.69, 9.17) is 0 Å². The van der Waals surface area contributed by atoms with Gasteiger partial charge in [0.25, 0.3) is 5.69 Å². The van der Waals surface area contributed by atoms with Crippen LogP contribution in [0.5, 0.6) is 0 Å². The Bertz CT molecular complexity index is 563. The molecule has 0 amide bonds. The number of hydrogen-bond donors (Lipinski definition) is 1. The van der Waals surface area contributed by atoms with Crippen molar-refractivity contribution < 1.29 is 4.92 Å². The van der Waals surface area contributed by atoms with Gasteiger partial charge >= 0.3 is 0 Å². The Balaban J connectivity index is 2.17. The van der Waals surface area contributed by atoms with Crippen molar-refractivity contribution in [3.05, 3.63) is 39.9 Å². The summed E-state index contributed by atoms with van der Waals surface area (Å²) in [5.41, 5.74) is 0.776. The zero-order valence-electron chi connectivity index (χ0n) is 14.2. The minimum absolute atomic E-state index is 0.132. The smallest absolute Gasteiger partial charge is 0.274 e. The maximum atomic E-state index is 11.1. The molecule has 2 rings (SSSR count). The van der Waals surface area contributed by atoms with Gasteiger partial charge in [-0.15, -0.1) is 0 Å². The minimum atomic E-state index is -0.344. The third-order valence-electron chi connectivity index (χ3n) is 4.09. The van der Waals surface area contributed by atoms with Gasteiger partial charge in [-0.2, -0.15) is 0 Å². The van der Waals surface area contributed by atoms with Gasteiger partial charge in [0.1, 0.15) is 0 Å². The molecular weight excluding hydrogens is 292 g/mol. The summed E-state index contributed by atoms with van der Waals surface area (Å²) < 4.78 is 0. The van der Waals surface area contributed by atoms with Crippen molar-refractivity contribution in [2.45, 2.75) is 33.7 Å². The van der Waals surface area contributed by atoms with E-state index in [-0.39, 0.29) is 10.6 Å². The number of rotatable bonds is 4. The van der Waals surface area contributed by atoms with Crippen LogP contribution in [0.4, 0.5) is 5.69 Å². The van der Waals surface area contributed by atoms with Crippen LogP contribution in [-0.4, -0.2) is 35.4 Å². The second-order valence-corrected chi connectivity index (χ2v) is 6.41. The molecule has 2 atom stereocenters. The summed E-state index contributed by atoms with van der Waals surface area (Å²) in [6.45, 7) is 9.62. The zero-order valence-corrected chi connectivity index (χ0v) is 14.2. The van der Waals surface area contributed by atoms with Crippen LogP contribution < -0.4 is 5.32 Å². The molecule has 1 aliphatic rings. The second-order valence-electron chi connectivity index (χ2n) is 6.41. The van der Waals surface area contributed by atoms with Gasteiger partial charge in [-0.05, 0) is 25.2 Å². The van der Waals surface area contributed by atoms with E-state index in [2.05, 4.69) is 29.1 Å². The first-order chi connectivity index (χ1) is 11.0. The standard InChI is InChI=1S/C17H26N4O2/c1-4-18-17(20-11-13(2)9-14(3)12-20)19-10-15-7-5-6-8-16(15)21(22)23/h5-8,13-14H,4,9-12H2,1-3H3,(H,18,19). The van der Waals surface area contributed by atoms with Crippen molar-refractivity contribution in [1.29, 1.82) is 0 Å². The average molecular weight is 318 g/mol. The van der Waals surface area contributed by atoms with Crippen LogP contribution in [0, 0.1) is 22.0 Å². The van der Waals surface area contributed by atoms with Gasteiger partial charge in [0, 0.05) is 25.7 Å². The fraction of sp³-hybridized carbons (Fsp3) is 0.588. The highest BCUT2D eigenvalue weighted by Crippen LogP contribution is 2.22. The average Bonchev–Trinajstić information content (AvgIpc) is 2.50. The topological polar surface area (TPSA) is 70.8 Å². The second kappa shape index (κ2) is 7.94. The molecule has 0 bridgehead atoms. The molecular formula is C17H26N4O2. The third-order valence-corrected chi connectivity index (χ3v) is 4.09. The minimum Gasteiger partial charge on any atom is -0.357 e. The van der Waals surface area contributed by atoms with Crippen LogP contribution in [0.3, 0.4) is 0 Å². The maximum Gasteiger partial charge on any atom is 0.274 e. The molecule has 0 spiro atoms. The Morgan fingerprint density at radius 2 is 2.00 bits per heavy atom. The Labute approximate surface area is 137 Å². The maximum absolute atomic E-state index is 11.1. The molecule has 126 valence electrons. The van der Waals surface area contributed by atoms with Gasteiger partial charge in [0.2, 0.25) is 0 Å². The van der Waals surface area contributed by atoms with E-state index < -0.39 is 0 Å². The number of guanidine groups is 1. The molecule has 0 aromatic heterocycles. The first-order valence-electron chi connectivity index (χ1n) is 8.26. The Kier molecular flexibility index (Phi) is 5.96. The fourth-order valence-electron chi connectivity index (χ4n) is 3.24. The number of aliphatic imine (C=N–C) groups is 1. The van der Waals surface area contributed by atoms with Gasteiger partial charge in [-0.3, -0.25) is 10.1 Å². The Morgan fingerprint density at radius 3 is 2.61 bits per heavy atom. The molecule has 1 saturated heterocycles. The van der Waals surface area contributed by atoms with E-state index in [0.29, 0.717) is 23.9 Å². The molecule has 0 saturated carbocycles. The highest BCUT2D eigenvalue weighted by atomic mass is 16.6. The third kappa shape index (κ3) is 4.68. The van der Waals surface area contributed by atoms with Gasteiger partial charge in [0.05, 0.1) is 17.0 Å². The Hall–Kier alpha value is -2.11. The number of likely N-dealkylation sites (tertiary alicyclic amines) is 1. The number of nitrogens with one attached hydrogen (secondary N) is 1. The monoisotopic (exact) mass is 318 g/mol. The number of benzene rings is 1. The quantitative estimate of drug-likeness (QED) is 0.401. The summed E-state index contributed by atoms with van der Waals surface area (Å²) in [6, 6.07) is 6.80. The summed E-state index contributed by atoms with van der Waals surface area (Å²) in [7, 11) is 0. The van der Waals surface area contributed by atoms with E-state index in [1.165, 1.54) is 12.5 Å². The number of nitrogens with zero attached hydrogens (tertiary/aromatic N) is 3. The lowest BCUT2D eigenvalue weighted by Crippen LogP contribution is -2.48. The summed E-state index contributed by atoms with van der Waals surface area (Å²) in [6.07, 6.45) is 1.24. The first kappa shape index (κ1) is 17.2. The number of nitro benzene ring substituents is 1. The highest BCUT2D eigenvalue weighted by Gasteiger charge is 2.24. The largest absolute Gasteiger partial charge is 0.357 e. The van der Waals surface area contributed by atoms with E-state index in [0.717, 1.165) is 25.6 Å². The van der Waals surface area contributed by atoms with Gasteiger partial charge in [-0.25, -0.2) is 4.99 Å². The lowest BCUT2D eigenvalue weighted by molar-refractivity contribution is -0.385. The molecule has 1 heterocycles. The molecule has 1 aliphatic heterocycles. The van der Waals surface area contributed by atoms with Crippen LogP contribution in [-0.2, 0) is 6.54 Å². The Morgan fingerprint density at radius 1 is 1.35 bits per heavy atom. The van der Waals surface area contributed by atoms with Crippen LogP contribution in [0.2, 0.25) is 0 Å². The van der Waals surface area contributed by atoms with Gasteiger partial charge in [-0.1, -0.05) is 32.0 Å². The number of para-hydroxylation sites is 1. The van der Waals surface area contributed by atoms with E-state index in [9.17, 15) is 10.1 Å². The van der Waals surface area contributed by atoms with Gasteiger partial charge < -0.3 is 10.2 Å². The SMILES string of the molecule is CCNC(=NCc1ccccc1[N+](=O)[O-])N1CC(C)CC(C)C1. The number of piperidine rings is 1. The summed E-state index contributed by atoms with van der Waals surface area (Å²) >= 11 is 0. The van der Waals surface area contributed by atoms with Crippen LogP contribution in [0.25, 0.3) is 0 Å². The van der Waals surface area contributed by atoms with E-state index >= 15 is 0 Å². The first-order valence-corrected chi connectivity index (χ1v) is 8.26. The lowest BCUT2D eigenvalue weighted by atomic mass is 9.92. The van der Waals surface area contributed by atoms with Gasteiger partial charge in [0.15, 0.2) is 5.96 Å². The molecule has 1 N–H and O–H groups in total. The molecule has 0 radical (unpaired) electrons. The van der Waals surface area contributed by atoms with Crippen LogP contribution >= 0.6 is 0 Å². The fourth-order valence-corrected chi connectivity index (χ4v) is 3.24. The summed E-state index contributed by atoms with van der Waals surface area (Å²) in [5, 5.41) is 14.4. The molecule has 1 fully saturated rings. The molecule has 23 heavy (non-hydrogen) atoms. The normalized spacial score (nSPS) is 22.0. The van der Waals surface area contributed by atoms with Crippen molar-refractivity contribution in [3.63, 3.8) is 0 Å². The van der Waals surface area contributed by atoms with Crippen molar-refractivity contribution in [1.82, 2.24) is 10.2 Å². The highest BCUT2D eigenvalue weighted by molar-refractivity contribution is 5.80. The molecule has 6 nitrogen and oxygen atoms in total. The number of nitro groups is 1. The predicted molar refractivity (Wildman–Crippen MR) is 92.4 cm³/mol. The van der Waals surface area contributed by atoms with Crippen molar-refractivity contribution >= 4 is 11.6 Å². The zero-order chi connectivity index (χ0) is 16.8. The molecule has 1 aromatic carbocycles. The number of hydrogen-bond acceptors (Lipinski definition) is 3. The lowest BCUT2D eigenvalue weighted by Gasteiger charge is -2.37. The predicted octanol–water partition coefficient (Wildman–Crippen LogP) is 3.04. The van der Waals surface area contributed by atoms with E-state index in [1.807, 2.05) is 13.0 Å². The molecule has 1 aromatic rings. The molecule has 0 aliphatic carbocycles. The van der Waals surface area contributed by atoms with Crippen molar-refractivity contribution in [2.24, 2.45) is 16.8 Å². The van der Waals surface area contributed by atoms with E-state index in [1.54, 1.807) is 12.1 Å². The molecule has 6 heteroatoms. The van der Waals surface area contributed by atoms with Crippen LogP contribution in [0.15, 0.2) is 29.3 Å². The van der Waals surface area contributed by atoms with Crippen LogP contribution in [0.1, 0.15) is 32.8 Å². The summed E-state index contributed by atoms with van der Waals surface area (Å²) in [4.78, 5) is 17.7. The van der Waals surface area contributed by atoms with Crippen molar-refractivity contribution in [3.8, 4) is 0 Å².